The lowest BCUT2D eigenvalue weighted by atomic mass is 10.2. The van der Waals surface area contributed by atoms with Crippen molar-refractivity contribution in [1.82, 2.24) is 9.21 Å². The number of anilines is 1. The molecule has 0 saturated carbocycles. The van der Waals surface area contributed by atoms with Crippen LogP contribution in [0, 0.1) is 6.92 Å². The third-order valence-electron chi connectivity index (χ3n) is 6.05. The average Bonchev–Trinajstić information content (AvgIpc) is 2.85. The Morgan fingerprint density at radius 1 is 0.886 bits per heavy atom. The third-order valence-corrected chi connectivity index (χ3v) is 8.34. The molecule has 1 heterocycles. The number of benzene rings is 3. The standard InChI is InChI=1S/C26H27Cl2N3O3S/c1-20-5-11-25(12-6-20)35(33,34)31(18-21-7-9-22(27)10-8-21)19-26(32)30-15-13-29(14-16-30)24-4-2-3-23(28)17-24/h2-12,17H,13-16,18-19H2,1H3. The highest BCUT2D eigenvalue weighted by Gasteiger charge is 2.30. The first-order valence-corrected chi connectivity index (χ1v) is 13.5. The topological polar surface area (TPSA) is 60.9 Å². The Hall–Kier alpha value is -2.58. The molecule has 0 bridgehead atoms. The van der Waals surface area contributed by atoms with Gasteiger partial charge in [0.25, 0.3) is 0 Å². The summed E-state index contributed by atoms with van der Waals surface area (Å²) in [6, 6.07) is 21.3. The zero-order valence-corrected chi connectivity index (χ0v) is 21.7. The predicted octanol–water partition coefficient (Wildman–Crippen LogP) is 4.84. The molecule has 0 radical (unpaired) electrons. The van der Waals surface area contributed by atoms with E-state index in [4.69, 9.17) is 23.2 Å². The van der Waals surface area contributed by atoms with Crippen LogP contribution in [-0.2, 0) is 21.4 Å². The summed E-state index contributed by atoms with van der Waals surface area (Å²) in [6.07, 6.45) is 0. The number of nitrogens with zero attached hydrogens (tertiary/aromatic N) is 3. The van der Waals surface area contributed by atoms with Crippen molar-refractivity contribution in [1.29, 1.82) is 0 Å². The number of piperazine rings is 1. The summed E-state index contributed by atoms with van der Waals surface area (Å²) in [6.45, 7) is 4.03. The van der Waals surface area contributed by atoms with E-state index in [1.165, 1.54) is 4.31 Å². The number of aryl methyl sites for hydroxylation is 1. The van der Waals surface area contributed by atoms with E-state index >= 15 is 0 Å². The largest absolute Gasteiger partial charge is 0.368 e. The summed E-state index contributed by atoms with van der Waals surface area (Å²) in [7, 11) is -3.89. The number of amides is 1. The molecule has 0 spiro atoms. The van der Waals surface area contributed by atoms with Crippen LogP contribution in [0.2, 0.25) is 10.0 Å². The molecule has 1 fully saturated rings. The number of halogens is 2. The van der Waals surface area contributed by atoms with Gasteiger partial charge in [0.1, 0.15) is 0 Å². The number of carbonyl (C=O) groups is 1. The van der Waals surface area contributed by atoms with Gasteiger partial charge in [-0.05, 0) is 55.0 Å². The Labute approximate surface area is 216 Å². The molecule has 0 atom stereocenters. The van der Waals surface area contributed by atoms with Crippen molar-refractivity contribution in [2.24, 2.45) is 0 Å². The SMILES string of the molecule is Cc1ccc(S(=O)(=O)N(CC(=O)N2CCN(c3cccc(Cl)c3)CC2)Cc2ccc(Cl)cc2)cc1. The maximum absolute atomic E-state index is 13.5. The molecule has 1 saturated heterocycles. The highest BCUT2D eigenvalue weighted by molar-refractivity contribution is 7.89. The fourth-order valence-electron chi connectivity index (χ4n) is 4.02. The van der Waals surface area contributed by atoms with E-state index in [-0.39, 0.29) is 23.9 Å². The Balaban J connectivity index is 1.50. The molecule has 4 rings (SSSR count). The Kier molecular flexibility index (Phi) is 8.02. The van der Waals surface area contributed by atoms with Crippen molar-refractivity contribution >= 4 is 44.8 Å². The molecule has 6 nitrogen and oxygen atoms in total. The molecular formula is C26H27Cl2N3O3S. The van der Waals surface area contributed by atoms with Crippen molar-refractivity contribution in [2.45, 2.75) is 18.4 Å². The van der Waals surface area contributed by atoms with Gasteiger partial charge in [0.05, 0.1) is 11.4 Å². The van der Waals surface area contributed by atoms with Crippen LogP contribution in [0.5, 0.6) is 0 Å². The third kappa shape index (κ3) is 6.35. The molecule has 35 heavy (non-hydrogen) atoms. The summed E-state index contributed by atoms with van der Waals surface area (Å²) in [5.74, 6) is -0.222. The minimum absolute atomic E-state index is 0.0710. The van der Waals surface area contributed by atoms with E-state index in [0.29, 0.717) is 36.2 Å². The van der Waals surface area contributed by atoms with Gasteiger partial charge >= 0.3 is 0 Å². The second-order valence-electron chi connectivity index (χ2n) is 8.56. The number of sulfonamides is 1. The number of rotatable bonds is 7. The lowest BCUT2D eigenvalue weighted by Crippen LogP contribution is -2.51. The van der Waals surface area contributed by atoms with Gasteiger partial charge in [0.2, 0.25) is 15.9 Å². The summed E-state index contributed by atoms with van der Waals surface area (Å²) < 4.78 is 28.3. The molecular weight excluding hydrogens is 505 g/mol. The van der Waals surface area contributed by atoms with E-state index in [2.05, 4.69) is 4.90 Å². The van der Waals surface area contributed by atoms with Gasteiger partial charge in [0.15, 0.2) is 0 Å². The Bertz CT molecular complexity index is 1270. The summed E-state index contributed by atoms with van der Waals surface area (Å²) in [4.78, 5) is 17.3. The molecule has 9 heteroatoms. The smallest absolute Gasteiger partial charge is 0.243 e. The van der Waals surface area contributed by atoms with Gasteiger partial charge in [-0.15, -0.1) is 0 Å². The monoisotopic (exact) mass is 531 g/mol. The molecule has 0 aromatic heterocycles. The van der Waals surface area contributed by atoms with E-state index in [1.54, 1.807) is 53.4 Å². The summed E-state index contributed by atoms with van der Waals surface area (Å²) in [5.41, 5.74) is 2.72. The lowest BCUT2D eigenvalue weighted by molar-refractivity contribution is -0.131. The van der Waals surface area contributed by atoms with Gasteiger partial charge in [-0.1, -0.05) is 59.1 Å². The lowest BCUT2D eigenvalue weighted by Gasteiger charge is -2.37. The maximum atomic E-state index is 13.5. The zero-order chi connectivity index (χ0) is 25.0. The van der Waals surface area contributed by atoms with Gasteiger partial charge in [-0.25, -0.2) is 8.42 Å². The van der Waals surface area contributed by atoms with E-state index in [9.17, 15) is 13.2 Å². The quantitative estimate of drug-likeness (QED) is 0.437. The molecule has 0 unspecified atom stereocenters. The highest BCUT2D eigenvalue weighted by Crippen LogP contribution is 2.23. The van der Waals surface area contributed by atoms with Crippen molar-refractivity contribution in [3.8, 4) is 0 Å². The average molecular weight is 532 g/mol. The molecule has 1 amide bonds. The second kappa shape index (κ2) is 11.0. The van der Waals surface area contributed by atoms with Crippen LogP contribution in [-0.4, -0.2) is 56.3 Å². The fraction of sp³-hybridized carbons (Fsp3) is 0.269. The van der Waals surface area contributed by atoms with Crippen LogP contribution < -0.4 is 4.90 Å². The van der Waals surface area contributed by atoms with Crippen LogP contribution in [0.25, 0.3) is 0 Å². The van der Waals surface area contributed by atoms with Crippen LogP contribution >= 0.6 is 23.2 Å². The minimum Gasteiger partial charge on any atom is -0.368 e. The first kappa shape index (κ1) is 25.5. The number of carbonyl (C=O) groups excluding carboxylic acids is 1. The van der Waals surface area contributed by atoms with Gasteiger partial charge in [-0.3, -0.25) is 4.79 Å². The Morgan fingerprint density at radius 3 is 2.17 bits per heavy atom. The molecule has 1 aliphatic rings. The zero-order valence-electron chi connectivity index (χ0n) is 19.4. The summed E-state index contributed by atoms with van der Waals surface area (Å²) >= 11 is 12.1. The highest BCUT2D eigenvalue weighted by atomic mass is 35.5. The van der Waals surface area contributed by atoms with Crippen molar-refractivity contribution in [3.05, 3.63) is 94.0 Å². The van der Waals surface area contributed by atoms with Crippen LogP contribution in [0.1, 0.15) is 11.1 Å². The minimum atomic E-state index is -3.89. The predicted molar refractivity (Wildman–Crippen MR) is 140 cm³/mol. The molecule has 0 aliphatic carbocycles. The molecule has 0 N–H and O–H groups in total. The van der Waals surface area contributed by atoms with Gasteiger partial charge in [-0.2, -0.15) is 4.31 Å². The number of hydrogen-bond acceptors (Lipinski definition) is 4. The van der Waals surface area contributed by atoms with E-state index in [1.807, 2.05) is 31.2 Å². The molecule has 3 aromatic rings. The van der Waals surface area contributed by atoms with Gasteiger partial charge < -0.3 is 9.80 Å². The Morgan fingerprint density at radius 2 is 1.54 bits per heavy atom. The molecule has 3 aromatic carbocycles. The maximum Gasteiger partial charge on any atom is 0.243 e. The second-order valence-corrected chi connectivity index (χ2v) is 11.4. The fourth-order valence-corrected chi connectivity index (χ4v) is 5.70. The van der Waals surface area contributed by atoms with Crippen molar-refractivity contribution < 1.29 is 13.2 Å². The van der Waals surface area contributed by atoms with E-state index < -0.39 is 10.0 Å². The molecule has 184 valence electrons. The van der Waals surface area contributed by atoms with Gasteiger partial charge in [0, 0.05) is 48.5 Å². The normalized spacial score (nSPS) is 14.4. The van der Waals surface area contributed by atoms with Crippen LogP contribution in [0.3, 0.4) is 0 Å². The van der Waals surface area contributed by atoms with Crippen LogP contribution in [0.15, 0.2) is 77.7 Å². The first-order valence-electron chi connectivity index (χ1n) is 11.3. The van der Waals surface area contributed by atoms with Crippen LogP contribution in [0.4, 0.5) is 5.69 Å². The van der Waals surface area contributed by atoms with Crippen molar-refractivity contribution in [2.75, 3.05) is 37.6 Å². The first-order chi connectivity index (χ1) is 16.7. The van der Waals surface area contributed by atoms with E-state index in [0.717, 1.165) is 16.8 Å². The van der Waals surface area contributed by atoms with Crippen molar-refractivity contribution in [3.63, 3.8) is 0 Å². The number of hydrogen-bond donors (Lipinski definition) is 0. The summed E-state index contributed by atoms with van der Waals surface area (Å²) in [5, 5.41) is 1.23. The molecule has 1 aliphatic heterocycles.